The van der Waals surface area contributed by atoms with Crippen LogP contribution < -0.4 is 11.1 Å². The largest absolute Gasteiger partial charge is 0.391 e. The molecule has 0 aromatic carbocycles. The maximum Gasteiger partial charge on any atom is 0.240 e. The SMILES string of the molecule is CC(C)C(O)CNC(=O)C1(N)CCCC1. The number of hydrogen-bond donors (Lipinski definition) is 3. The fourth-order valence-electron chi connectivity index (χ4n) is 1.84. The lowest BCUT2D eigenvalue weighted by Crippen LogP contribution is -2.53. The molecule has 1 fully saturated rings. The zero-order chi connectivity index (χ0) is 11.5. The van der Waals surface area contributed by atoms with Crippen LogP contribution in [-0.4, -0.2) is 29.2 Å². The van der Waals surface area contributed by atoms with Crippen molar-refractivity contribution in [2.75, 3.05) is 6.54 Å². The van der Waals surface area contributed by atoms with E-state index < -0.39 is 11.6 Å². The summed E-state index contributed by atoms with van der Waals surface area (Å²) >= 11 is 0. The molecule has 1 amide bonds. The second-order valence-corrected chi connectivity index (χ2v) is 4.88. The second-order valence-electron chi connectivity index (χ2n) is 4.88. The number of aliphatic hydroxyl groups excluding tert-OH is 1. The van der Waals surface area contributed by atoms with Gasteiger partial charge in [-0.25, -0.2) is 0 Å². The topological polar surface area (TPSA) is 75.3 Å². The molecule has 1 unspecified atom stereocenters. The van der Waals surface area contributed by atoms with Gasteiger partial charge in [0.25, 0.3) is 0 Å². The fraction of sp³-hybridized carbons (Fsp3) is 0.909. The Labute approximate surface area is 91.2 Å². The Morgan fingerprint density at radius 2 is 2.00 bits per heavy atom. The van der Waals surface area contributed by atoms with E-state index in [1.807, 2.05) is 13.8 Å². The van der Waals surface area contributed by atoms with Crippen LogP contribution in [0.2, 0.25) is 0 Å². The average molecular weight is 214 g/mol. The molecular weight excluding hydrogens is 192 g/mol. The number of carbonyl (C=O) groups excluding carboxylic acids is 1. The second kappa shape index (κ2) is 4.94. The van der Waals surface area contributed by atoms with Crippen molar-refractivity contribution in [3.63, 3.8) is 0 Å². The van der Waals surface area contributed by atoms with E-state index in [9.17, 15) is 9.90 Å². The molecule has 88 valence electrons. The van der Waals surface area contributed by atoms with Crippen LogP contribution in [0.1, 0.15) is 39.5 Å². The third-order valence-corrected chi connectivity index (χ3v) is 3.19. The number of hydrogen-bond acceptors (Lipinski definition) is 3. The minimum absolute atomic E-state index is 0.111. The summed E-state index contributed by atoms with van der Waals surface area (Å²) in [6, 6.07) is 0. The van der Waals surface area contributed by atoms with E-state index in [1.54, 1.807) is 0 Å². The first-order valence-corrected chi connectivity index (χ1v) is 5.71. The maximum atomic E-state index is 11.7. The highest BCUT2D eigenvalue weighted by atomic mass is 16.3. The molecule has 0 saturated heterocycles. The van der Waals surface area contributed by atoms with Crippen LogP contribution in [0, 0.1) is 5.92 Å². The summed E-state index contributed by atoms with van der Waals surface area (Å²) in [7, 11) is 0. The lowest BCUT2D eigenvalue weighted by molar-refractivity contribution is -0.126. The van der Waals surface area contributed by atoms with E-state index in [1.165, 1.54) is 0 Å². The van der Waals surface area contributed by atoms with Gasteiger partial charge < -0.3 is 16.2 Å². The molecule has 15 heavy (non-hydrogen) atoms. The van der Waals surface area contributed by atoms with Crippen LogP contribution in [-0.2, 0) is 4.79 Å². The Hall–Kier alpha value is -0.610. The fourth-order valence-corrected chi connectivity index (χ4v) is 1.84. The zero-order valence-corrected chi connectivity index (χ0v) is 9.62. The summed E-state index contributed by atoms with van der Waals surface area (Å²) < 4.78 is 0. The van der Waals surface area contributed by atoms with Crippen LogP contribution >= 0.6 is 0 Å². The predicted octanol–water partition coefficient (Wildman–Crippen LogP) is 0.391. The summed E-state index contributed by atoms with van der Waals surface area (Å²) in [5.74, 6) is 0.0438. The average Bonchev–Trinajstić information content (AvgIpc) is 2.62. The monoisotopic (exact) mass is 214 g/mol. The Morgan fingerprint density at radius 1 is 1.47 bits per heavy atom. The molecule has 4 N–H and O–H groups in total. The van der Waals surface area contributed by atoms with Gasteiger partial charge in [0.15, 0.2) is 0 Å². The lowest BCUT2D eigenvalue weighted by Gasteiger charge is -2.24. The molecule has 1 rings (SSSR count). The quantitative estimate of drug-likeness (QED) is 0.633. The summed E-state index contributed by atoms with van der Waals surface area (Å²) in [5, 5.41) is 12.3. The molecule has 1 aliphatic rings. The van der Waals surface area contributed by atoms with Crippen molar-refractivity contribution in [3.05, 3.63) is 0 Å². The molecule has 4 nitrogen and oxygen atoms in total. The van der Waals surface area contributed by atoms with E-state index in [0.717, 1.165) is 25.7 Å². The molecule has 0 radical (unpaired) electrons. The van der Waals surface area contributed by atoms with Gasteiger partial charge in [-0.3, -0.25) is 4.79 Å². The lowest BCUT2D eigenvalue weighted by atomic mass is 9.98. The number of nitrogens with one attached hydrogen (secondary N) is 1. The molecular formula is C11H22N2O2. The van der Waals surface area contributed by atoms with Crippen molar-refractivity contribution >= 4 is 5.91 Å². The Bertz CT molecular complexity index is 223. The highest BCUT2D eigenvalue weighted by Crippen LogP contribution is 2.27. The highest BCUT2D eigenvalue weighted by molar-refractivity contribution is 5.86. The highest BCUT2D eigenvalue weighted by Gasteiger charge is 2.36. The van der Waals surface area contributed by atoms with Crippen molar-refractivity contribution < 1.29 is 9.90 Å². The van der Waals surface area contributed by atoms with E-state index in [0.29, 0.717) is 6.54 Å². The summed E-state index contributed by atoms with van der Waals surface area (Å²) in [4.78, 5) is 11.7. The van der Waals surface area contributed by atoms with Crippen molar-refractivity contribution in [2.24, 2.45) is 11.7 Å². The van der Waals surface area contributed by atoms with Crippen LogP contribution in [0.5, 0.6) is 0 Å². The van der Waals surface area contributed by atoms with Gasteiger partial charge in [0.1, 0.15) is 0 Å². The van der Waals surface area contributed by atoms with Crippen molar-refractivity contribution in [1.82, 2.24) is 5.32 Å². The molecule has 0 spiro atoms. The van der Waals surface area contributed by atoms with Gasteiger partial charge in [-0.1, -0.05) is 26.7 Å². The zero-order valence-electron chi connectivity index (χ0n) is 9.62. The molecule has 0 aromatic heterocycles. The minimum Gasteiger partial charge on any atom is -0.391 e. The van der Waals surface area contributed by atoms with Gasteiger partial charge in [0.05, 0.1) is 11.6 Å². The first kappa shape index (κ1) is 12.5. The number of amides is 1. The third-order valence-electron chi connectivity index (χ3n) is 3.19. The van der Waals surface area contributed by atoms with Crippen molar-refractivity contribution in [2.45, 2.75) is 51.2 Å². The Morgan fingerprint density at radius 3 is 2.47 bits per heavy atom. The van der Waals surface area contributed by atoms with Crippen molar-refractivity contribution in [3.8, 4) is 0 Å². The first-order chi connectivity index (χ1) is 6.96. The molecule has 1 aliphatic carbocycles. The van der Waals surface area contributed by atoms with Crippen LogP contribution in [0.25, 0.3) is 0 Å². The molecule has 0 aliphatic heterocycles. The minimum atomic E-state index is -0.684. The predicted molar refractivity (Wildman–Crippen MR) is 59.2 cm³/mol. The molecule has 4 heteroatoms. The van der Waals surface area contributed by atoms with Gasteiger partial charge in [0, 0.05) is 6.54 Å². The van der Waals surface area contributed by atoms with Gasteiger partial charge in [0.2, 0.25) is 5.91 Å². The smallest absolute Gasteiger partial charge is 0.240 e. The summed E-state index contributed by atoms with van der Waals surface area (Å²) in [5.41, 5.74) is 5.29. The van der Waals surface area contributed by atoms with E-state index >= 15 is 0 Å². The molecule has 1 atom stereocenters. The molecule has 0 bridgehead atoms. The standard InChI is InChI=1S/C11H22N2O2/c1-8(2)9(14)7-13-10(15)11(12)5-3-4-6-11/h8-9,14H,3-7,12H2,1-2H3,(H,13,15). The Kier molecular flexibility index (Phi) is 4.11. The Balaban J connectivity index is 2.35. The van der Waals surface area contributed by atoms with E-state index in [-0.39, 0.29) is 11.8 Å². The maximum absolute atomic E-state index is 11.7. The molecule has 0 aromatic rings. The van der Waals surface area contributed by atoms with E-state index in [2.05, 4.69) is 5.32 Å². The third kappa shape index (κ3) is 3.18. The van der Waals surface area contributed by atoms with Gasteiger partial charge in [-0.2, -0.15) is 0 Å². The molecule has 0 heterocycles. The van der Waals surface area contributed by atoms with Crippen LogP contribution in [0.4, 0.5) is 0 Å². The van der Waals surface area contributed by atoms with Crippen LogP contribution in [0.15, 0.2) is 0 Å². The summed E-state index contributed by atoms with van der Waals surface area (Å²) in [6.07, 6.45) is 3.08. The summed E-state index contributed by atoms with van der Waals surface area (Å²) in [6.45, 7) is 4.14. The normalized spacial score (nSPS) is 21.7. The molecule has 1 saturated carbocycles. The first-order valence-electron chi connectivity index (χ1n) is 5.71. The van der Waals surface area contributed by atoms with Crippen LogP contribution in [0.3, 0.4) is 0 Å². The number of carbonyl (C=O) groups is 1. The number of nitrogens with two attached hydrogens (primary N) is 1. The number of aliphatic hydroxyl groups is 1. The van der Waals surface area contributed by atoms with Gasteiger partial charge in [-0.05, 0) is 18.8 Å². The van der Waals surface area contributed by atoms with Gasteiger partial charge in [-0.15, -0.1) is 0 Å². The van der Waals surface area contributed by atoms with E-state index in [4.69, 9.17) is 5.73 Å². The number of rotatable bonds is 4. The van der Waals surface area contributed by atoms with Gasteiger partial charge >= 0.3 is 0 Å². The van der Waals surface area contributed by atoms with Crippen molar-refractivity contribution in [1.29, 1.82) is 0 Å².